The van der Waals surface area contributed by atoms with E-state index >= 15 is 0 Å². The van der Waals surface area contributed by atoms with Crippen LogP contribution in [0.25, 0.3) is 0 Å². The maximum Gasteiger partial charge on any atom is 0.203 e. The molecule has 1 aromatic heterocycles. The van der Waals surface area contributed by atoms with Crippen molar-refractivity contribution in [3.05, 3.63) is 70.8 Å². The van der Waals surface area contributed by atoms with Gasteiger partial charge >= 0.3 is 0 Å². The van der Waals surface area contributed by atoms with Crippen molar-refractivity contribution < 1.29 is 9.64 Å². The van der Waals surface area contributed by atoms with Crippen LogP contribution in [0.3, 0.4) is 0 Å². The first-order chi connectivity index (χ1) is 14.1. The lowest BCUT2D eigenvalue weighted by Crippen LogP contribution is -3.14. The highest BCUT2D eigenvalue weighted by Gasteiger charge is 2.21. The highest BCUT2D eigenvalue weighted by atomic mass is 32.1. The summed E-state index contributed by atoms with van der Waals surface area (Å²) in [4.78, 5) is 3.94. The largest absolute Gasteiger partial charge is 0.497 e. The zero-order chi connectivity index (χ0) is 20.2. The Labute approximate surface area is 176 Å². The number of ether oxygens (including phenoxy) is 1. The number of benzene rings is 2. The number of anilines is 1. The number of rotatable bonds is 6. The van der Waals surface area contributed by atoms with E-state index in [0.29, 0.717) is 0 Å². The summed E-state index contributed by atoms with van der Waals surface area (Å²) in [5, 5.41) is 4.72. The lowest BCUT2D eigenvalue weighted by atomic mass is 10.2. The molecule has 7 heteroatoms. The fraction of sp³-hybridized carbons (Fsp3) is 0.364. The minimum atomic E-state index is 0.770. The third-order valence-electron chi connectivity index (χ3n) is 5.57. The molecule has 1 fully saturated rings. The summed E-state index contributed by atoms with van der Waals surface area (Å²) in [5.74, 6) is 1.86. The maximum atomic E-state index is 5.73. The molecule has 0 bridgehead atoms. The lowest BCUT2D eigenvalue weighted by Gasteiger charge is -2.33. The fourth-order valence-electron chi connectivity index (χ4n) is 3.84. The number of nitrogens with one attached hydrogen (secondary N) is 1. The van der Waals surface area contributed by atoms with Gasteiger partial charge in [0.05, 0.1) is 39.8 Å². The predicted molar refractivity (Wildman–Crippen MR) is 117 cm³/mol. The van der Waals surface area contributed by atoms with E-state index in [1.807, 2.05) is 29.8 Å². The summed E-state index contributed by atoms with van der Waals surface area (Å²) in [6.07, 6.45) is 0. The Morgan fingerprint density at radius 2 is 1.72 bits per heavy atom. The Hall–Kier alpha value is -2.64. The standard InChI is InChI=1S/C22H27N5OS/c1-18-23-27(22(29)26(18)16-19-6-4-3-5-7-19)17-24-12-14-25(15-13-24)20-8-10-21(28-2)11-9-20/h3-11H,12-17H2,1-2H3/p+1. The molecule has 2 aromatic carbocycles. The monoisotopic (exact) mass is 410 g/mol. The number of quaternary nitrogens is 1. The van der Waals surface area contributed by atoms with E-state index in [2.05, 4.69) is 45.9 Å². The zero-order valence-corrected chi connectivity index (χ0v) is 17.9. The van der Waals surface area contributed by atoms with E-state index < -0.39 is 0 Å². The fourth-order valence-corrected chi connectivity index (χ4v) is 4.15. The molecule has 1 saturated heterocycles. The first-order valence-electron chi connectivity index (χ1n) is 10.0. The maximum absolute atomic E-state index is 5.73. The second-order valence-electron chi connectivity index (χ2n) is 7.49. The quantitative estimate of drug-likeness (QED) is 0.632. The van der Waals surface area contributed by atoms with E-state index in [4.69, 9.17) is 22.1 Å². The van der Waals surface area contributed by atoms with Crippen LogP contribution in [0.1, 0.15) is 11.4 Å². The molecule has 0 amide bonds. The Morgan fingerprint density at radius 3 is 2.38 bits per heavy atom. The van der Waals surface area contributed by atoms with Crippen molar-refractivity contribution in [1.29, 1.82) is 0 Å². The van der Waals surface area contributed by atoms with Crippen molar-refractivity contribution in [1.82, 2.24) is 14.3 Å². The van der Waals surface area contributed by atoms with Gasteiger partial charge in [-0.3, -0.25) is 4.57 Å². The van der Waals surface area contributed by atoms with Crippen LogP contribution in [0.5, 0.6) is 5.75 Å². The molecular weight excluding hydrogens is 382 g/mol. The van der Waals surface area contributed by atoms with E-state index in [1.54, 1.807) is 7.11 Å². The molecule has 6 nitrogen and oxygen atoms in total. The van der Waals surface area contributed by atoms with Crippen LogP contribution in [-0.2, 0) is 13.2 Å². The van der Waals surface area contributed by atoms with Crippen molar-refractivity contribution in [2.24, 2.45) is 0 Å². The van der Waals surface area contributed by atoms with E-state index in [1.165, 1.54) is 16.2 Å². The number of nitrogens with zero attached hydrogens (tertiary/aromatic N) is 4. The van der Waals surface area contributed by atoms with Crippen LogP contribution >= 0.6 is 12.2 Å². The van der Waals surface area contributed by atoms with Gasteiger partial charge in [-0.25, -0.2) is 0 Å². The van der Waals surface area contributed by atoms with Crippen molar-refractivity contribution in [3.63, 3.8) is 0 Å². The molecule has 0 aliphatic carbocycles. The average Bonchev–Trinajstić information content (AvgIpc) is 3.02. The first kappa shape index (κ1) is 19.7. The summed E-state index contributed by atoms with van der Waals surface area (Å²) in [7, 11) is 1.70. The second-order valence-corrected chi connectivity index (χ2v) is 7.86. The number of hydrogen-bond acceptors (Lipinski definition) is 4. The Balaban J connectivity index is 1.38. The second kappa shape index (κ2) is 8.80. The summed E-state index contributed by atoms with van der Waals surface area (Å²) in [5.41, 5.74) is 2.50. The van der Waals surface area contributed by atoms with Crippen molar-refractivity contribution in [2.75, 3.05) is 38.2 Å². The third-order valence-corrected chi connectivity index (χ3v) is 6.00. The van der Waals surface area contributed by atoms with Gasteiger partial charge < -0.3 is 14.5 Å². The molecule has 1 N–H and O–H groups in total. The van der Waals surface area contributed by atoms with Crippen LogP contribution in [0.2, 0.25) is 0 Å². The topological polar surface area (TPSA) is 39.7 Å². The number of methoxy groups -OCH3 is 1. The van der Waals surface area contributed by atoms with Crippen molar-refractivity contribution in [2.45, 2.75) is 20.1 Å². The average molecular weight is 411 g/mol. The minimum absolute atomic E-state index is 0.770. The molecule has 1 aliphatic heterocycles. The van der Waals surface area contributed by atoms with Gasteiger partial charge in [-0.05, 0) is 49.0 Å². The Morgan fingerprint density at radius 1 is 1.03 bits per heavy atom. The van der Waals surface area contributed by atoms with Crippen LogP contribution in [-0.4, -0.2) is 47.6 Å². The molecule has 0 spiro atoms. The smallest absolute Gasteiger partial charge is 0.203 e. The van der Waals surface area contributed by atoms with E-state index in [-0.39, 0.29) is 0 Å². The molecule has 2 heterocycles. The SMILES string of the molecule is COc1ccc(N2CC[NH+](Cn3nc(C)n(Cc4ccccc4)c3=S)CC2)cc1. The van der Waals surface area contributed by atoms with Gasteiger partial charge in [0.1, 0.15) is 11.6 Å². The number of aromatic nitrogens is 3. The normalized spacial score (nSPS) is 14.9. The molecule has 0 radical (unpaired) electrons. The molecule has 29 heavy (non-hydrogen) atoms. The summed E-state index contributed by atoms with van der Waals surface area (Å²) < 4.78 is 10.2. The molecule has 0 saturated carbocycles. The molecule has 0 atom stereocenters. The van der Waals surface area contributed by atoms with Gasteiger partial charge in [-0.1, -0.05) is 30.3 Å². The summed E-state index contributed by atoms with van der Waals surface area (Å²) >= 11 is 5.73. The third kappa shape index (κ3) is 4.52. The number of piperazine rings is 1. The first-order valence-corrected chi connectivity index (χ1v) is 10.5. The molecule has 0 unspecified atom stereocenters. The summed E-state index contributed by atoms with van der Waals surface area (Å²) in [6, 6.07) is 18.7. The number of aryl methyl sites for hydroxylation is 1. The highest BCUT2D eigenvalue weighted by molar-refractivity contribution is 7.71. The van der Waals surface area contributed by atoms with Crippen LogP contribution in [0, 0.1) is 11.7 Å². The van der Waals surface area contributed by atoms with Gasteiger partial charge in [-0.15, -0.1) is 0 Å². The van der Waals surface area contributed by atoms with Gasteiger partial charge in [0.2, 0.25) is 4.77 Å². The Bertz CT molecular complexity index is 988. The van der Waals surface area contributed by atoms with Gasteiger partial charge in [0.25, 0.3) is 0 Å². The van der Waals surface area contributed by atoms with Crippen LogP contribution in [0.15, 0.2) is 54.6 Å². The minimum Gasteiger partial charge on any atom is -0.497 e. The number of hydrogen-bond donors (Lipinski definition) is 1. The van der Waals surface area contributed by atoms with Gasteiger partial charge in [-0.2, -0.15) is 9.78 Å². The molecular formula is C22H28N5OS+. The van der Waals surface area contributed by atoms with E-state index in [9.17, 15) is 0 Å². The van der Waals surface area contributed by atoms with Crippen molar-refractivity contribution in [3.8, 4) is 5.75 Å². The predicted octanol–water partition coefficient (Wildman–Crippen LogP) is 2.14. The molecule has 152 valence electrons. The zero-order valence-electron chi connectivity index (χ0n) is 17.0. The van der Waals surface area contributed by atoms with Crippen LogP contribution < -0.4 is 14.5 Å². The van der Waals surface area contributed by atoms with Crippen molar-refractivity contribution >= 4 is 17.9 Å². The Kier molecular flexibility index (Phi) is 5.97. The summed E-state index contributed by atoms with van der Waals surface area (Å²) in [6.45, 7) is 7.81. The molecule has 3 aromatic rings. The van der Waals surface area contributed by atoms with Crippen LogP contribution in [0.4, 0.5) is 5.69 Å². The van der Waals surface area contributed by atoms with Gasteiger partial charge in [0.15, 0.2) is 6.67 Å². The van der Waals surface area contributed by atoms with Gasteiger partial charge in [0, 0.05) is 5.69 Å². The molecule has 4 rings (SSSR count). The lowest BCUT2D eigenvalue weighted by molar-refractivity contribution is -0.924. The van der Waals surface area contributed by atoms with E-state index in [0.717, 1.165) is 55.7 Å². The molecule has 1 aliphatic rings. The highest BCUT2D eigenvalue weighted by Crippen LogP contribution is 2.19.